The van der Waals surface area contributed by atoms with Gasteiger partial charge in [0.05, 0.1) is 29.5 Å². The fourth-order valence-electron chi connectivity index (χ4n) is 4.01. The topological polar surface area (TPSA) is 113 Å². The van der Waals surface area contributed by atoms with E-state index in [1.807, 2.05) is 19.1 Å². The number of benzene rings is 3. The van der Waals surface area contributed by atoms with Crippen LogP contribution >= 0.6 is 15.9 Å². The van der Waals surface area contributed by atoms with Crippen molar-refractivity contribution in [3.63, 3.8) is 0 Å². The SMILES string of the molecule is Cc1ccc(S(=O)(=O)N(CC(=O)NCc2ccc(S(=O)(=O)N3CCOCC3)cc2)Cc2ccc(Br)cc2)cc1. The minimum atomic E-state index is -3.96. The smallest absolute Gasteiger partial charge is 0.243 e. The number of hydrogen-bond acceptors (Lipinski definition) is 6. The van der Waals surface area contributed by atoms with E-state index in [-0.39, 0.29) is 29.4 Å². The molecule has 208 valence electrons. The number of nitrogens with zero attached hydrogens (tertiary/aromatic N) is 2. The third-order valence-corrected chi connectivity index (χ3v) is 10.5. The zero-order valence-electron chi connectivity index (χ0n) is 21.4. The van der Waals surface area contributed by atoms with Crippen LogP contribution in [0.4, 0.5) is 0 Å². The van der Waals surface area contributed by atoms with Crippen LogP contribution in [0.25, 0.3) is 0 Å². The monoisotopic (exact) mass is 635 g/mol. The van der Waals surface area contributed by atoms with E-state index in [9.17, 15) is 21.6 Å². The summed E-state index contributed by atoms with van der Waals surface area (Å²) in [5, 5.41) is 2.75. The van der Waals surface area contributed by atoms with Crippen molar-refractivity contribution < 1.29 is 26.4 Å². The Morgan fingerprint density at radius 3 is 2.05 bits per heavy atom. The number of aryl methyl sites for hydroxylation is 1. The lowest BCUT2D eigenvalue weighted by atomic mass is 10.2. The Bertz CT molecular complexity index is 1490. The van der Waals surface area contributed by atoms with Gasteiger partial charge in [-0.05, 0) is 54.4 Å². The maximum absolute atomic E-state index is 13.5. The number of carbonyl (C=O) groups is 1. The van der Waals surface area contributed by atoms with Crippen LogP contribution in [0.2, 0.25) is 0 Å². The highest BCUT2D eigenvalue weighted by Crippen LogP contribution is 2.21. The number of carbonyl (C=O) groups excluding carboxylic acids is 1. The van der Waals surface area contributed by atoms with Crippen molar-refractivity contribution >= 4 is 41.9 Å². The molecule has 1 fully saturated rings. The molecule has 12 heteroatoms. The molecule has 0 spiro atoms. The predicted molar refractivity (Wildman–Crippen MR) is 151 cm³/mol. The van der Waals surface area contributed by atoms with Crippen molar-refractivity contribution in [2.75, 3.05) is 32.8 Å². The van der Waals surface area contributed by atoms with Crippen LogP contribution in [0.3, 0.4) is 0 Å². The lowest BCUT2D eigenvalue weighted by molar-refractivity contribution is -0.121. The summed E-state index contributed by atoms with van der Waals surface area (Å²) in [6, 6.07) is 20.0. The van der Waals surface area contributed by atoms with Crippen molar-refractivity contribution in [1.29, 1.82) is 0 Å². The van der Waals surface area contributed by atoms with Crippen LogP contribution < -0.4 is 5.32 Å². The number of amides is 1. The van der Waals surface area contributed by atoms with Gasteiger partial charge in [0.2, 0.25) is 26.0 Å². The molecule has 1 aliphatic rings. The van der Waals surface area contributed by atoms with Crippen LogP contribution in [0.15, 0.2) is 87.1 Å². The first-order chi connectivity index (χ1) is 18.6. The Morgan fingerprint density at radius 1 is 0.872 bits per heavy atom. The Balaban J connectivity index is 1.44. The van der Waals surface area contributed by atoms with E-state index >= 15 is 0 Å². The van der Waals surface area contributed by atoms with E-state index in [1.54, 1.807) is 36.4 Å². The average molecular weight is 637 g/mol. The average Bonchev–Trinajstić information content (AvgIpc) is 2.93. The summed E-state index contributed by atoms with van der Waals surface area (Å²) in [4.78, 5) is 13.2. The van der Waals surface area contributed by atoms with Gasteiger partial charge in [-0.2, -0.15) is 8.61 Å². The van der Waals surface area contributed by atoms with Gasteiger partial charge in [0.15, 0.2) is 0 Å². The molecule has 1 amide bonds. The molecule has 4 rings (SSSR count). The third-order valence-electron chi connectivity index (χ3n) is 6.27. The molecule has 0 aliphatic carbocycles. The molecule has 1 aliphatic heterocycles. The fraction of sp³-hybridized carbons (Fsp3) is 0.296. The second-order valence-corrected chi connectivity index (χ2v) is 13.9. The van der Waals surface area contributed by atoms with E-state index in [4.69, 9.17) is 4.74 Å². The highest BCUT2D eigenvalue weighted by Gasteiger charge is 2.28. The molecule has 0 aromatic heterocycles. The minimum Gasteiger partial charge on any atom is -0.379 e. The molecule has 1 heterocycles. The van der Waals surface area contributed by atoms with Crippen LogP contribution in [-0.2, 0) is 42.7 Å². The zero-order valence-corrected chi connectivity index (χ0v) is 24.6. The largest absolute Gasteiger partial charge is 0.379 e. The normalized spacial score (nSPS) is 14.8. The lowest BCUT2D eigenvalue weighted by Crippen LogP contribution is -2.40. The lowest BCUT2D eigenvalue weighted by Gasteiger charge is -2.26. The molecule has 0 radical (unpaired) electrons. The Kier molecular flexibility index (Phi) is 9.57. The summed E-state index contributed by atoms with van der Waals surface area (Å²) < 4.78 is 61.2. The zero-order chi connectivity index (χ0) is 28.0. The van der Waals surface area contributed by atoms with Crippen molar-refractivity contribution in [2.45, 2.75) is 29.8 Å². The molecule has 3 aromatic rings. The minimum absolute atomic E-state index is 0.0189. The molecule has 0 atom stereocenters. The molecule has 39 heavy (non-hydrogen) atoms. The standard InChI is InChI=1S/C27H30BrN3O6S2/c1-21-2-10-25(11-3-21)39(35,36)31(19-23-4-8-24(28)9-5-23)20-27(32)29-18-22-6-12-26(13-7-22)38(33,34)30-14-16-37-17-15-30/h2-13H,14-20H2,1H3,(H,29,32). The summed E-state index contributed by atoms with van der Waals surface area (Å²) in [6.45, 7) is 2.97. The van der Waals surface area contributed by atoms with Gasteiger partial charge in [-0.25, -0.2) is 16.8 Å². The first-order valence-electron chi connectivity index (χ1n) is 12.3. The van der Waals surface area contributed by atoms with Crippen LogP contribution in [0.1, 0.15) is 16.7 Å². The van der Waals surface area contributed by atoms with Gasteiger partial charge in [-0.15, -0.1) is 0 Å². The van der Waals surface area contributed by atoms with Crippen molar-refractivity contribution in [1.82, 2.24) is 13.9 Å². The highest BCUT2D eigenvalue weighted by atomic mass is 79.9. The third kappa shape index (κ3) is 7.53. The number of halogens is 1. The molecule has 0 unspecified atom stereocenters. The summed E-state index contributed by atoms with van der Waals surface area (Å²) in [6.07, 6.45) is 0. The van der Waals surface area contributed by atoms with Gasteiger partial charge in [-0.1, -0.05) is 57.9 Å². The van der Waals surface area contributed by atoms with Gasteiger partial charge in [0.1, 0.15) is 0 Å². The first kappa shape index (κ1) is 29.4. The molecule has 1 saturated heterocycles. The fourth-order valence-corrected chi connectivity index (χ4v) is 7.07. The summed E-state index contributed by atoms with van der Waals surface area (Å²) in [7, 11) is -7.57. The molecule has 1 N–H and O–H groups in total. The highest BCUT2D eigenvalue weighted by molar-refractivity contribution is 9.10. The molecule has 3 aromatic carbocycles. The number of morpholine rings is 1. The van der Waals surface area contributed by atoms with Crippen molar-refractivity contribution in [2.24, 2.45) is 0 Å². The summed E-state index contributed by atoms with van der Waals surface area (Å²) >= 11 is 3.38. The Morgan fingerprint density at radius 2 is 1.44 bits per heavy atom. The Hall–Kier alpha value is -2.61. The molecule has 0 saturated carbocycles. The Labute approximate surface area is 238 Å². The van der Waals surface area contributed by atoms with E-state index < -0.39 is 26.0 Å². The summed E-state index contributed by atoms with van der Waals surface area (Å²) in [5.41, 5.74) is 2.35. The van der Waals surface area contributed by atoms with E-state index in [2.05, 4.69) is 21.2 Å². The summed E-state index contributed by atoms with van der Waals surface area (Å²) in [5.74, 6) is -0.479. The second-order valence-electron chi connectivity index (χ2n) is 9.15. The van der Waals surface area contributed by atoms with Crippen molar-refractivity contribution in [3.05, 3.63) is 94.0 Å². The maximum atomic E-state index is 13.5. The molecular weight excluding hydrogens is 606 g/mol. The predicted octanol–water partition coefficient (Wildman–Crippen LogP) is 3.29. The number of hydrogen-bond donors (Lipinski definition) is 1. The van der Waals surface area contributed by atoms with E-state index in [1.165, 1.54) is 28.6 Å². The van der Waals surface area contributed by atoms with Crippen LogP contribution in [0.5, 0.6) is 0 Å². The van der Waals surface area contributed by atoms with Gasteiger partial charge < -0.3 is 10.1 Å². The van der Waals surface area contributed by atoms with Crippen LogP contribution in [-0.4, -0.2) is 64.2 Å². The first-order valence-corrected chi connectivity index (χ1v) is 16.0. The quantitative estimate of drug-likeness (QED) is 0.366. The van der Waals surface area contributed by atoms with Gasteiger partial charge in [-0.3, -0.25) is 4.79 Å². The van der Waals surface area contributed by atoms with Crippen molar-refractivity contribution in [3.8, 4) is 0 Å². The number of rotatable bonds is 10. The van der Waals surface area contributed by atoms with E-state index in [0.717, 1.165) is 19.9 Å². The number of sulfonamides is 2. The van der Waals surface area contributed by atoms with Gasteiger partial charge in [0, 0.05) is 30.7 Å². The maximum Gasteiger partial charge on any atom is 0.243 e. The van der Waals surface area contributed by atoms with E-state index in [0.29, 0.717) is 31.9 Å². The van der Waals surface area contributed by atoms with Gasteiger partial charge >= 0.3 is 0 Å². The number of nitrogens with one attached hydrogen (secondary N) is 1. The molecule has 0 bridgehead atoms. The molecule has 9 nitrogen and oxygen atoms in total. The number of ether oxygens (including phenoxy) is 1. The second kappa shape index (κ2) is 12.7. The van der Waals surface area contributed by atoms with Gasteiger partial charge in [0.25, 0.3) is 0 Å². The molecular formula is C27H30BrN3O6S2. The van der Waals surface area contributed by atoms with Crippen LogP contribution in [0, 0.1) is 6.92 Å².